The summed E-state index contributed by atoms with van der Waals surface area (Å²) in [6, 6.07) is 28.5. The molecule has 6 N–H and O–H groups in total. The minimum atomic E-state index is -0.873. The van der Waals surface area contributed by atoms with Crippen LogP contribution in [0.25, 0.3) is 0 Å². The first-order chi connectivity index (χ1) is 28.0. The summed E-state index contributed by atoms with van der Waals surface area (Å²) in [5.74, 6) is 1.66. The Labute approximate surface area is 343 Å². The zero-order chi connectivity index (χ0) is 40.6. The van der Waals surface area contributed by atoms with E-state index in [4.69, 9.17) is 4.98 Å². The minimum absolute atomic E-state index is 0.0428. The van der Waals surface area contributed by atoms with E-state index in [0.717, 1.165) is 61.8 Å². The third-order valence-electron chi connectivity index (χ3n) is 15.7. The Balaban J connectivity index is 0.945. The van der Waals surface area contributed by atoms with Crippen molar-refractivity contribution in [1.29, 1.82) is 0 Å². The molecule has 0 aliphatic heterocycles. The summed E-state index contributed by atoms with van der Waals surface area (Å²) in [5.41, 5.74) is 2.89. The molecule has 10 unspecified atom stereocenters. The summed E-state index contributed by atoms with van der Waals surface area (Å²) >= 11 is 0. The van der Waals surface area contributed by atoms with Gasteiger partial charge in [-0.05, 0) is 145 Å². The summed E-state index contributed by atoms with van der Waals surface area (Å²) in [4.78, 5) is 22.7. The molecule has 0 bridgehead atoms. The van der Waals surface area contributed by atoms with Crippen molar-refractivity contribution in [2.75, 3.05) is 10.6 Å². The Morgan fingerprint density at radius 1 is 0.810 bits per heavy atom. The predicted octanol–water partition coefficient (Wildman–Crippen LogP) is 8.46. The molecule has 308 valence electrons. The SMILES string of the molecule is CC(CCC(=O)Nc1ccc(C(Nc2ccccn2)C(c2ccccn2)C(O)c2ccccc2)cc1)C1CCC2C3C(C[C@H](O)[C@]12C)[C@@]1(C)CCC(O)CC1C[C@@H]3O. The van der Waals surface area contributed by atoms with Crippen molar-refractivity contribution < 1.29 is 25.2 Å². The molecule has 9 heteroatoms. The molecule has 8 rings (SSSR count). The van der Waals surface area contributed by atoms with Gasteiger partial charge in [-0.25, -0.2) is 4.98 Å². The van der Waals surface area contributed by atoms with Crippen molar-refractivity contribution in [2.45, 2.75) is 115 Å². The van der Waals surface area contributed by atoms with Crippen LogP contribution in [0.5, 0.6) is 0 Å². The number of amides is 1. The number of aliphatic hydroxyl groups excluding tert-OH is 4. The van der Waals surface area contributed by atoms with Gasteiger partial charge in [0, 0.05) is 30.2 Å². The Bertz CT molecular complexity index is 1970. The maximum Gasteiger partial charge on any atom is 0.224 e. The highest BCUT2D eigenvalue weighted by Gasteiger charge is 2.65. The van der Waals surface area contributed by atoms with Crippen LogP contribution in [0.1, 0.15) is 113 Å². The van der Waals surface area contributed by atoms with E-state index in [2.05, 4.69) is 36.4 Å². The molecule has 2 aromatic carbocycles. The lowest BCUT2D eigenvalue weighted by Crippen LogP contribution is -2.62. The zero-order valence-electron chi connectivity index (χ0n) is 34.2. The number of aliphatic hydroxyl groups is 4. The van der Waals surface area contributed by atoms with Gasteiger partial charge in [0.25, 0.3) is 0 Å². The predicted molar refractivity (Wildman–Crippen MR) is 226 cm³/mol. The van der Waals surface area contributed by atoms with Crippen molar-refractivity contribution in [3.63, 3.8) is 0 Å². The van der Waals surface area contributed by atoms with Crippen molar-refractivity contribution >= 4 is 17.4 Å². The van der Waals surface area contributed by atoms with Gasteiger partial charge in [-0.2, -0.15) is 0 Å². The average molecular weight is 787 g/mol. The second kappa shape index (κ2) is 16.8. The molecule has 0 saturated heterocycles. The lowest BCUT2D eigenvalue weighted by molar-refractivity contribution is -0.207. The number of fused-ring (bicyclic) bond motifs is 5. The molecule has 58 heavy (non-hydrogen) atoms. The first-order valence-corrected chi connectivity index (χ1v) is 21.7. The lowest BCUT2D eigenvalue weighted by atomic mass is 9.43. The van der Waals surface area contributed by atoms with Crippen molar-refractivity contribution in [1.82, 2.24) is 9.97 Å². The second-order valence-corrected chi connectivity index (χ2v) is 18.7. The van der Waals surface area contributed by atoms with Crippen LogP contribution in [0, 0.1) is 46.3 Å². The van der Waals surface area contributed by atoms with E-state index in [1.807, 2.05) is 91.0 Å². The number of nitrogens with one attached hydrogen (secondary N) is 2. The molecule has 4 saturated carbocycles. The molecule has 9 nitrogen and oxygen atoms in total. The standard InChI is InChI=1S/C49H62N4O5/c1-30(36-20-21-37-44-38(29-41(56)49(36,37)3)48(2)24-23-35(54)27-33(48)28-40(44)55)15-22-43(57)52-34-18-16-31(17-19-34)46(53-42-14-8-10-26-51-42)45(39-13-7-9-25-50-39)47(58)32-11-5-4-6-12-32/h4-14,16-19,25-26,30,33,35-38,40-41,44-47,54-56,58H,15,20-24,27-29H2,1-3H3,(H,51,53)(H,52,57)/t30?,33?,35?,36?,37?,38?,40-,41-,44?,45?,46?,47?,48-,49+/m0/s1. The van der Waals surface area contributed by atoms with Crippen molar-refractivity contribution in [3.05, 3.63) is 120 Å². The molecular weight excluding hydrogens is 725 g/mol. The number of carbonyl (C=O) groups is 1. The highest BCUT2D eigenvalue weighted by atomic mass is 16.3. The molecule has 2 heterocycles. The van der Waals surface area contributed by atoms with Crippen LogP contribution in [0.3, 0.4) is 0 Å². The quantitative estimate of drug-likeness (QED) is 0.0839. The highest BCUT2D eigenvalue weighted by Crippen LogP contribution is 2.68. The molecule has 4 fully saturated rings. The molecule has 4 aliphatic carbocycles. The van der Waals surface area contributed by atoms with Gasteiger partial charge in [-0.15, -0.1) is 0 Å². The van der Waals surface area contributed by atoms with Gasteiger partial charge >= 0.3 is 0 Å². The van der Waals surface area contributed by atoms with Gasteiger partial charge < -0.3 is 31.1 Å². The number of pyridine rings is 2. The topological polar surface area (TPSA) is 148 Å². The van der Waals surface area contributed by atoms with Crippen LogP contribution < -0.4 is 10.6 Å². The van der Waals surface area contributed by atoms with E-state index in [1.54, 1.807) is 12.4 Å². The summed E-state index contributed by atoms with van der Waals surface area (Å²) in [5, 5.41) is 52.8. The van der Waals surface area contributed by atoms with Crippen LogP contribution in [0.2, 0.25) is 0 Å². The number of aromatic nitrogens is 2. The third-order valence-corrected chi connectivity index (χ3v) is 15.7. The highest BCUT2D eigenvalue weighted by molar-refractivity contribution is 5.90. The van der Waals surface area contributed by atoms with Gasteiger partial charge in [0.1, 0.15) is 5.82 Å². The monoisotopic (exact) mass is 786 g/mol. The Morgan fingerprint density at radius 2 is 1.53 bits per heavy atom. The van der Waals surface area contributed by atoms with Crippen LogP contribution in [-0.4, -0.2) is 54.6 Å². The third kappa shape index (κ3) is 7.71. The van der Waals surface area contributed by atoms with Crippen LogP contribution in [0.15, 0.2) is 103 Å². The number of rotatable bonds is 12. The fourth-order valence-electron chi connectivity index (χ4n) is 12.6. The fraction of sp³-hybridized carbons (Fsp3) is 0.531. The minimum Gasteiger partial charge on any atom is -0.393 e. The van der Waals surface area contributed by atoms with Crippen molar-refractivity contribution in [2.24, 2.45) is 46.3 Å². The van der Waals surface area contributed by atoms with E-state index in [-0.39, 0.29) is 52.4 Å². The molecule has 1 amide bonds. The molecule has 14 atom stereocenters. The summed E-state index contributed by atoms with van der Waals surface area (Å²) < 4.78 is 0. The normalized spacial score (nSPS) is 33.7. The zero-order valence-corrected chi connectivity index (χ0v) is 34.2. The summed E-state index contributed by atoms with van der Waals surface area (Å²) in [7, 11) is 0. The number of hydrogen-bond acceptors (Lipinski definition) is 8. The smallest absolute Gasteiger partial charge is 0.224 e. The first kappa shape index (κ1) is 40.6. The van der Waals surface area contributed by atoms with E-state index in [1.165, 1.54) is 0 Å². The largest absolute Gasteiger partial charge is 0.393 e. The van der Waals surface area contributed by atoms with Gasteiger partial charge in [0.15, 0.2) is 0 Å². The van der Waals surface area contributed by atoms with Gasteiger partial charge in [-0.1, -0.05) is 75.4 Å². The molecule has 4 aromatic rings. The molecule has 0 spiro atoms. The maximum atomic E-state index is 13.5. The number of anilines is 2. The van der Waals surface area contributed by atoms with Gasteiger partial charge in [0.05, 0.1) is 36.4 Å². The number of carbonyl (C=O) groups excluding carboxylic acids is 1. The number of nitrogens with zero attached hydrogens (tertiary/aromatic N) is 2. The molecule has 4 aliphatic rings. The van der Waals surface area contributed by atoms with Crippen LogP contribution in [0.4, 0.5) is 11.5 Å². The van der Waals surface area contributed by atoms with E-state index < -0.39 is 30.3 Å². The Hall–Kier alpha value is -4.15. The fourth-order valence-corrected chi connectivity index (χ4v) is 12.6. The average Bonchev–Trinajstić information content (AvgIpc) is 3.60. The Kier molecular flexibility index (Phi) is 11.8. The van der Waals surface area contributed by atoms with Gasteiger partial charge in [0.2, 0.25) is 5.91 Å². The van der Waals surface area contributed by atoms with Gasteiger partial charge in [-0.3, -0.25) is 9.78 Å². The summed E-state index contributed by atoms with van der Waals surface area (Å²) in [6.45, 7) is 6.89. The van der Waals surface area contributed by atoms with Crippen molar-refractivity contribution in [3.8, 4) is 0 Å². The molecular formula is C49H62N4O5. The van der Waals surface area contributed by atoms with E-state index in [0.29, 0.717) is 30.3 Å². The maximum absolute atomic E-state index is 13.5. The Morgan fingerprint density at radius 3 is 2.24 bits per heavy atom. The first-order valence-electron chi connectivity index (χ1n) is 21.7. The van der Waals surface area contributed by atoms with Crippen LogP contribution in [-0.2, 0) is 4.79 Å². The lowest BCUT2D eigenvalue weighted by Gasteiger charge is -2.63. The van der Waals surface area contributed by atoms with Crippen LogP contribution >= 0.6 is 0 Å². The van der Waals surface area contributed by atoms with E-state index >= 15 is 0 Å². The van der Waals surface area contributed by atoms with E-state index in [9.17, 15) is 25.2 Å². The number of hydrogen-bond donors (Lipinski definition) is 6. The second-order valence-electron chi connectivity index (χ2n) is 18.7. The molecule has 2 aromatic heterocycles. The summed E-state index contributed by atoms with van der Waals surface area (Å²) in [6.07, 6.45) is 8.58. The molecule has 0 radical (unpaired) electrons. The number of benzene rings is 2.